The van der Waals surface area contributed by atoms with Crippen LogP contribution in [0.2, 0.25) is 0 Å². The molecule has 1 saturated heterocycles. The van der Waals surface area contributed by atoms with Crippen molar-refractivity contribution in [3.05, 3.63) is 30.3 Å². The predicted octanol–water partition coefficient (Wildman–Crippen LogP) is 1.04. The molecule has 1 fully saturated rings. The van der Waals surface area contributed by atoms with E-state index >= 15 is 0 Å². The van der Waals surface area contributed by atoms with Crippen LogP contribution in [0.5, 0.6) is 11.5 Å². The number of benzene rings is 1. The highest BCUT2D eigenvalue weighted by Gasteiger charge is 2.32. The number of amides is 1. The number of carboxylic acids is 1. The second-order valence-electron chi connectivity index (χ2n) is 5.84. The predicted molar refractivity (Wildman–Crippen MR) is 86.2 cm³/mol. The Morgan fingerprint density at radius 3 is 2.77 bits per heavy atom. The van der Waals surface area contributed by atoms with E-state index in [0.29, 0.717) is 36.0 Å². The van der Waals surface area contributed by atoms with E-state index in [2.05, 4.69) is 4.98 Å². The number of rotatable bonds is 3. The maximum atomic E-state index is 12.8. The number of carbonyl (C=O) groups excluding carboxylic acids is 1. The molecule has 1 aromatic heterocycles. The van der Waals surface area contributed by atoms with Gasteiger partial charge in [-0.15, -0.1) is 0 Å². The second-order valence-corrected chi connectivity index (χ2v) is 5.84. The van der Waals surface area contributed by atoms with Gasteiger partial charge in [0.2, 0.25) is 0 Å². The first-order chi connectivity index (χ1) is 12.6. The molecule has 0 bridgehead atoms. The van der Waals surface area contributed by atoms with Crippen molar-refractivity contribution in [2.45, 2.75) is 6.10 Å². The minimum Gasteiger partial charge on any atom is -0.486 e. The molecule has 9 nitrogen and oxygen atoms in total. The molecule has 0 radical (unpaired) electrons. The third-order valence-corrected chi connectivity index (χ3v) is 4.20. The number of hydrogen-bond acceptors (Lipinski definition) is 7. The maximum absolute atomic E-state index is 12.8. The summed E-state index contributed by atoms with van der Waals surface area (Å²) in [5.41, 5.74) is 0.742. The van der Waals surface area contributed by atoms with Crippen LogP contribution in [-0.2, 0) is 9.53 Å². The van der Waals surface area contributed by atoms with E-state index in [9.17, 15) is 9.59 Å². The number of oxazole rings is 1. The van der Waals surface area contributed by atoms with E-state index in [1.165, 1.54) is 11.3 Å². The molecule has 1 N–H and O–H groups in total. The van der Waals surface area contributed by atoms with E-state index in [1.807, 2.05) is 0 Å². The summed E-state index contributed by atoms with van der Waals surface area (Å²) in [5.74, 6) is -0.0102. The van der Waals surface area contributed by atoms with Gasteiger partial charge in [-0.05, 0) is 18.2 Å². The minimum atomic E-state index is -1.10. The first-order valence-corrected chi connectivity index (χ1v) is 8.10. The van der Waals surface area contributed by atoms with Gasteiger partial charge in [-0.3, -0.25) is 4.79 Å². The Morgan fingerprint density at radius 1 is 1.15 bits per heavy atom. The van der Waals surface area contributed by atoms with E-state index in [0.717, 1.165) is 0 Å². The summed E-state index contributed by atoms with van der Waals surface area (Å²) >= 11 is 0. The summed E-state index contributed by atoms with van der Waals surface area (Å²) in [4.78, 5) is 29.4. The third kappa shape index (κ3) is 2.97. The van der Waals surface area contributed by atoms with Gasteiger partial charge in [0.25, 0.3) is 5.91 Å². The van der Waals surface area contributed by atoms with Gasteiger partial charge in [0.15, 0.2) is 35.5 Å². The van der Waals surface area contributed by atoms with Crippen LogP contribution in [0, 0.1) is 0 Å². The molecule has 2 aromatic rings. The summed E-state index contributed by atoms with van der Waals surface area (Å²) < 4.78 is 21.6. The van der Waals surface area contributed by atoms with Crippen LogP contribution < -0.4 is 9.47 Å². The fraction of sp³-hybridized carbons (Fsp3) is 0.353. The van der Waals surface area contributed by atoms with Crippen LogP contribution in [0.4, 0.5) is 0 Å². The van der Waals surface area contributed by atoms with Gasteiger partial charge in [-0.1, -0.05) is 0 Å². The number of hydrogen-bond donors (Lipinski definition) is 1. The van der Waals surface area contributed by atoms with Gasteiger partial charge >= 0.3 is 5.97 Å². The Kier molecular flexibility index (Phi) is 4.21. The number of ether oxygens (including phenoxy) is 3. The average Bonchev–Trinajstić information content (AvgIpc) is 3.17. The monoisotopic (exact) mass is 360 g/mol. The van der Waals surface area contributed by atoms with Gasteiger partial charge in [-0.2, -0.15) is 0 Å². The molecule has 0 aliphatic carbocycles. The summed E-state index contributed by atoms with van der Waals surface area (Å²) in [7, 11) is 0. The minimum absolute atomic E-state index is 0.0401. The van der Waals surface area contributed by atoms with Crippen LogP contribution in [-0.4, -0.2) is 65.9 Å². The van der Waals surface area contributed by atoms with Gasteiger partial charge < -0.3 is 28.6 Å². The number of morpholine rings is 1. The normalized spacial score (nSPS) is 19.2. The number of aromatic nitrogens is 1. The number of carbonyl (C=O) groups is 2. The fourth-order valence-electron chi connectivity index (χ4n) is 2.92. The Morgan fingerprint density at radius 2 is 1.96 bits per heavy atom. The lowest BCUT2D eigenvalue weighted by Crippen LogP contribution is -2.48. The lowest BCUT2D eigenvalue weighted by atomic mass is 10.1. The topological polar surface area (TPSA) is 111 Å². The highest BCUT2D eigenvalue weighted by atomic mass is 16.6. The van der Waals surface area contributed by atoms with Gasteiger partial charge in [-0.25, -0.2) is 9.78 Å². The Balaban J connectivity index is 1.60. The Hall–Kier alpha value is -3.07. The summed E-state index contributed by atoms with van der Waals surface area (Å²) in [6, 6.07) is 5.23. The highest BCUT2D eigenvalue weighted by molar-refractivity contribution is 5.98. The van der Waals surface area contributed by atoms with E-state index in [1.54, 1.807) is 18.2 Å². The molecule has 2 aliphatic rings. The molecule has 136 valence electrons. The second kappa shape index (κ2) is 6.68. The largest absolute Gasteiger partial charge is 0.486 e. The molecule has 1 amide bonds. The van der Waals surface area contributed by atoms with Crippen molar-refractivity contribution < 1.29 is 33.3 Å². The van der Waals surface area contributed by atoms with Gasteiger partial charge in [0, 0.05) is 12.1 Å². The molecule has 1 aromatic carbocycles. The molecular weight excluding hydrogens is 344 g/mol. The van der Waals surface area contributed by atoms with Crippen molar-refractivity contribution in [3.63, 3.8) is 0 Å². The summed E-state index contributed by atoms with van der Waals surface area (Å²) in [5, 5.41) is 9.09. The summed E-state index contributed by atoms with van der Waals surface area (Å²) in [6.07, 6.45) is 0.145. The standard InChI is InChI=1S/C17H16N2O7/c20-16(19-3-4-23-13(8-19)17(21)22)14-15(26-9-18-14)10-1-2-11-12(7-10)25-6-5-24-11/h1-2,7,9,13H,3-6,8H2,(H,21,22). The van der Waals surface area contributed by atoms with Crippen molar-refractivity contribution in [1.82, 2.24) is 9.88 Å². The SMILES string of the molecule is O=C(O)C1CN(C(=O)c2ncoc2-c2ccc3c(c2)OCCO3)CCO1. The van der Waals surface area contributed by atoms with Gasteiger partial charge in [0.05, 0.1) is 13.2 Å². The highest BCUT2D eigenvalue weighted by Crippen LogP contribution is 2.35. The number of nitrogens with zero attached hydrogens (tertiary/aromatic N) is 2. The molecule has 0 saturated carbocycles. The van der Waals surface area contributed by atoms with Crippen LogP contribution >= 0.6 is 0 Å². The smallest absolute Gasteiger partial charge is 0.334 e. The molecule has 2 aliphatic heterocycles. The van der Waals surface area contributed by atoms with E-state index in [4.69, 9.17) is 23.7 Å². The third-order valence-electron chi connectivity index (χ3n) is 4.20. The Bertz CT molecular complexity index is 847. The molecule has 0 spiro atoms. The Labute approximate surface area is 148 Å². The summed E-state index contributed by atoms with van der Waals surface area (Å²) in [6.45, 7) is 1.33. The van der Waals surface area contributed by atoms with E-state index in [-0.39, 0.29) is 25.4 Å². The van der Waals surface area contributed by atoms with Crippen LogP contribution in [0.15, 0.2) is 29.0 Å². The van der Waals surface area contributed by atoms with E-state index < -0.39 is 18.0 Å². The van der Waals surface area contributed by atoms with Crippen molar-refractivity contribution in [3.8, 4) is 22.8 Å². The van der Waals surface area contributed by atoms with Crippen molar-refractivity contribution in [2.24, 2.45) is 0 Å². The first-order valence-electron chi connectivity index (χ1n) is 8.10. The van der Waals surface area contributed by atoms with Crippen LogP contribution in [0.1, 0.15) is 10.5 Å². The quantitative estimate of drug-likeness (QED) is 0.864. The molecule has 9 heteroatoms. The molecule has 1 unspecified atom stereocenters. The molecular formula is C17H16N2O7. The number of fused-ring (bicyclic) bond motifs is 1. The average molecular weight is 360 g/mol. The fourth-order valence-corrected chi connectivity index (χ4v) is 2.92. The zero-order chi connectivity index (χ0) is 18.1. The zero-order valence-corrected chi connectivity index (χ0v) is 13.7. The maximum Gasteiger partial charge on any atom is 0.334 e. The lowest BCUT2D eigenvalue weighted by molar-refractivity contribution is -0.154. The van der Waals surface area contributed by atoms with Crippen molar-refractivity contribution in [2.75, 3.05) is 32.9 Å². The van der Waals surface area contributed by atoms with Gasteiger partial charge in [0.1, 0.15) is 13.2 Å². The molecule has 3 heterocycles. The zero-order valence-electron chi connectivity index (χ0n) is 13.7. The molecule has 26 heavy (non-hydrogen) atoms. The number of aliphatic carboxylic acids is 1. The van der Waals surface area contributed by atoms with Crippen molar-refractivity contribution in [1.29, 1.82) is 0 Å². The molecule has 1 atom stereocenters. The first kappa shape index (κ1) is 16.4. The lowest BCUT2D eigenvalue weighted by Gasteiger charge is -2.30. The van der Waals surface area contributed by atoms with Crippen LogP contribution in [0.3, 0.4) is 0 Å². The van der Waals surface area contributed by atoms with Crippen molar-refractivity contribution >= 4 is 11.9 Å². The molecule has 4 rings (SSSR count). The number of carboxylic acid groups (broad SMARTS) is 1. The van der Waals surface area contributed by atoms with Crippen LogP contribution in [0.25, 0.3) is 11.3 Å².